The van der Waals surface area contributed by atoms with Crippen LogP contribution >= 0.6 is 35.0 Å². The number of benzene rings is 2. The van der Waals surface area contributed by atoms with Gasteiger partial charge in [0.25, 0.3) is 0 Å². The number of rotatable bonds is 10. The molecule has 34 heavy (non-hydrogen) atoms. The molecule has 0 bridgehead atoms. The van der Waals surface area contributed by atoms with Crippen LogP contribution in [0.1, 0.15) is 30.7 Å². The summed E-state index contributed by atoms with van der Waals surface area (Å²) in [5.74, 6) is 3.38. The number of piperidine rings is 1. The van der Waals surface area contributed by atoms with Crippen molar-refractivity contribution >= 4 is 40.9 Å². The van der Waals surface area contributed by atoms with Crippen molar-refractivity contribution < 1.29 is 9.32 Å². The fourth-order valence-corrected chi connectivity index (χ4v) is 5.05. The monoisotopic (exact) mass is 518 g/mol. The molecule has 1 aromatic heterocycles. The van der Waals surface area contributed by atoms with Crippen LogP contribution in [0.25, 0.3) is 11.4 Å². The summed E-state index contributed by atoms with van der Waals surface area (Å²) < 4.78 is 5.42. The quantitative estimate of drug-likeness (QED) is 0.347. The lowest BCUT2D eigenvalue weighted by Crippen LogP contribution is -2.40. The van der Waals surface area contributed by atoms with Crippen LogP contribution in [0, 0.1) is 5.92 Å². The number of thioether (sulfide) groups is 1. The maximum absolute atomic E-state index is 12.5. The van der Waals surface area contributed by atoms with E-state index in [0.717, 1.165) is 61.0 Å². The number of aromatic nitrogens is 2. The predicted octanol–water partition coefficient (Wildman–Crippen LogP) is 5.70. The summed E-state index contributed by atoms with van der Waals surface area (Å²) in [7, 11) is 0. The Hall–Kier alpha value is -2.06. The van der Waals surface area contributed by atoms with Crippen molar-refractivity contribution in [3.8, 4) is 11.4 Å². The molecule has 0 radical (unpaired) electrons. The molecule has 0 atom stereocenters. The molecular formula is C25H28Cl2N4O2S. The van der Waals surface area contributed by atoms with Crippen LogP contribution in [0.4, 0.5) is 0 Å². The van der Waals surface area contributed by atoms with E-state index >= 15 is 0 Å². The highest BCUT2D eigenvalue weighted by Crippen LogP contribution is 2.22. The summed E-state index contributed by atoms with van der Waals surface area (Å²) in [6.45, 7) is 3.00. The topological polar surface area (TPSA) is 71.3 Å². The summed E-state index contributed by atoms with van der Waals surface area (Å²) in [6, 6.07) is 15.3. The van der Waals surface area contributed by atoms with Crippen LogP contribution in [0.15, 0.2) is 53.1 Å². The van der Waals surface area contributed by atoms with Gasteiger partial charge in [-0.1, -0.05) is 40.5 Å². The lowest BCUT2D eigenvalue weighted by molar-refractivity contribution is -0.126. The van der Waals surface area contributed by atoms with Gasteiger partial charge in [-0.15, -0.1) is 0 Å². The van der Waals surface area contributed by atoms with E-state index in [1.165, 1.54) is 5.56 Å². The largest absolute Gasteiger partial charge is 0.356 e. The molecule has 1 aliphatic heterocycles. The van der Waals surface area contributed by atoms with Crippen LogP contribution in [-0.4, -0.2) is 46.3 Å². The summed E-state index contributed by atoms with van der Waals surface area (Å²) in [4.78, 5) is 19.3. The first-order valence-electron chi connectivity index (χ1n) is 11.5. The van der Waals surface area contributed by atoms with Crippen molar-refractivity contribution in [2.75, 3.05) is 25.4 Å². The molecule has 6 nitrogen and oxygen atoms in total. The summed E-state index contributed by atoms with van der Waals surface area (Å²) in [5.41, 5.74) is 2.14. The first-order valence-corrected chi connectivity index (χ1v) is 13.4. The van der Waals surface area contributed by atoms with Crippen molar-refractivity contribution in [2.45, 2.75) is 31.6 Å². The first-order chi connectivity index (χ1) is 16.6. The van der Waals surface area contributed by atoms with Gasteiger partial charge in [-0.3, -0.25) is 9.69 Å². The van der Waals surface area contributed by atoms with Crippen LogP contribution < -0.4 is 5.32 Å². The Balaban J connectivity index is 1.10. The molecule has 0 saturated carbocycles. The van der Waals surface area contributed by atoms with Gasteiger partial charge in [0.05, 0.1) is 6.54 Å². The second-order valence-electron chi connectivity index (χ2n) is 8.39. The van der Waals surface area contributed by atoms with Crippen molar-refractivity contribution in [3.05, 3.63) is 70.0 Å². The normalized spacial score (nSPS) is 14.9. The third-order valence-corrected chi connectivity index (χ3v) is 7.45. The number of halogens is 2. The Morgan fingerprint density at radius 3 is 2.44 bits per heavy atom. The minimum absolute atomic E-state index is 0.0743. The van der Waals surface area contributed by atoms with Crippen molar-refractivity contribution in [1.29, 1.82) is 0 Å². The first kappa shape index (κ1) is 25.0. The Bertz CT molecular complexity index is 1050. The average molecular weight is 519 g/mol. The van der Waals surface area contributed by atoms with Gasteiger partial charge in [-0.2, -0.15) is 16.7 Å². The van der Waals surface area contributed by atoms with Gasteiger partial charge < -0.3 is 9.84 Å². The fraction of sp³-hybridized carbons (Fsp3) is 0.400. The van der Waals surface area contributed by atoms with Gasteiger partial charge in [0.2, 0.25) is 17.6 Å². The molecule has 180 valence electrons. The fourth-order valence-electron chi connectivity index (χ4n) is 3.88. The predicted molar refractivity (Wildman–Crippen MR) is 138 cm³/mol. The van der Waals surface area contributed by atoms with Crippen molar-refractivity contribution in [3.63, 3.8) is 0 Å². The smallest absolute Gasteiger partial charge is 0.241 e. The molecule has 1 aliphatic rings. The molecule has 1 fully saturated rings. The Morgan fingerprint density at radius 1 is 1.06 bits per heavy atom. The highest BCUT2D eigenvalue weighted by molar-refractivity contribution is 7.98. The van der Waals surface area contributed by atoms with E-state index in [0.29, 0.717) is 23.3 Å². The molecule has 0 spiro atoms. The Morgan fingerprint density at radius 2 is 1.74 bits per heavy atom. The molecule has 4 rings (SSSR count). The molecule has 3 aromatic rings. The van der Waals surface area contributed by atoms with Gasteiger partial charge in [0.15, 0.2) is 0 Å². The van der Waals surface area contributed by atoms with E-state index in [9.17, 15) is 4.79 Å². The zero-order valence-electron chi connectivity index (χ0n) is 18.9. The SMILES string of the molecule is O=C(NCCCSCc1ccc(Cl)cc1)C1CCN(Cc2nc(-c3ccc(Cl)cc3)no2)CC1. The third kappa shape index (κ3) is 7.47. The molecule has 1 amide bonds. The second kappa shape index (κ2) is 12.6. The summed E-state index contributed by atoms with van der Waals surface area (Å²) in [5, 5.41) is 8.62. The number of amides is 1. The van der Waals surface area contributed by atoms with Gasteiger partial charge in [0, 0.05) is 33.8 Å². The highest BCUT2D eigenvalue weighted by Gasteiger charge is 2.25. The van der Waals surface area contributed by atoms with Gasteiger partial charge in [-0.25, -0.2) is 0 Å². The second-order valence-corrected chi connectivity index (χ2v) is 10.4. The third-order valence-electron chi connectivity index (χ3n) is 5.83. The number of likely N-dealkylation sites (tertiary alicyclic amines) is 1. The standard InChI is InChI=1S/C25H28Cl2N4O2S/c26-21-6-2-18(3-7-21)17-34-15-1-12-28-25(32)20-10-13-31(14-11-20)16-23-29-24(30-33-23)19-4-8-22(27)9-5-19/h2-9,20H,1,10-17H2,(H,28,32). The maximum Gasteiger partial charge on any atom is 0.241 e. The highest BCUT2D eigenvalue weighted by atomic mass is 35.5. The van der Waals surface area contributed by atoms with Crippen molar-refractivity contribution in [2.24, 2.45) is 5.92 Å². The van der Waals surface area contributed by atoms with E-state index in [2.05, 4.69) is 32.5 Å². The lowest BCUT2D eigenvalue weighted by atomic mass is 9.96. The maximum atomic E-state index is 12.5. The summed E-state index contributed by atoms with van der Waals surface area (Å²) in [6.07, 6.45) is 2.65. The average Bonchev–Trinajstić information content (AvgIpc) is 3.31. The van der Waals surface area contributed by atoms with Gasteiger partial charge in [0.1, 0.15) is 0 Å². The minimum Gasteiger partial charge on any atom is -0.356 e. The molecule has 0 unspecified atom stereocenters. The van der Waals surface area contributed by atoms with E-state index in [4.69, 9.17) is 27.7 Å². The molecule has 9 heteroatoms. The molecule has 2 heterocycles. The van der Waals surface area contributed by atoms with Crippen molar-refractivity contribution in [1.82, 2.24) is 20.4 Å². The molecule has 0 aliphatic carbocycles. The zero-order valence-corrected chi connectivity index (χ0v) is 21.2. The number of carbonyl (C=O) groups excluding carboxylic acids is 1. The van der Waals surface area contributed by atoms with Crippen LogP contribution in [0.5, 0.6) is 0 Å². The number of hydrogen-bond donors (Lipinski definition) is 1. The Labute approximate surface area is 214 Å². The molecule has 1 N–H and O–H groups in total. The van der Waals surface area contributed by atoms with Crippen LogP contribution in [-0.2, 0) is 17.1 Å². The molecule has 1 saturated heterocycles. The number of hydrogen-bond acceptors (Lipinski definition) is 6. The minimum atomic E-state index is 0.0743. The van der Waals surface area contributed by atoms with Crippen LogP contribution in [0.2, 0.25) is 10.0 Å². The molecular weight excluding hydrogens is 491 g/mol. The summed E-state index contributed by atoms with van der Waals surface area (Å²) >= 11 is 13.7. The number of nitrogens with zero attached hydrogens (tertiary/aromatic N) is 3. The molecule has 2 aromatic carbocycles. The van der Waals surface area contributed by atoms with E-state index in [-0.39, 0.29) is 11.8 Å². The lowest BCUT2D eigenvalue weighted by Gasteiger charge is -2.30. The van der Waals surface area contributed by atoms with E-state index in [1.54, 1.807) is 0 Å². The van der Waals surface area contributed by atoms with E-state index in [1.807, 2.05) is 48.2 Å². The number of carbonyl (C=O) groups is 1. The number of nitrogens with one attached hydrogen (secondary N) is 1. The Kier molecular flexibility index (Phi) is 9.27. The van der Waals surface area contributed by atoms with E-state index < -0.39 is 0 Å². The van der Waals surface area contributed by atoms with Gasteiger partial charge in [-0.05, 0) is 80.1 Å². The zero-order chi connectivity index (χ0) is 23.8. The van der Waals surface area contributed by atoms with Gasteiger partial charge >= 0.3 is 0 Å². The van der Waals surface area contributed by atoms with Crippen LogP contribution in [0.3, 0.4) is 0 Å².